The van der Waals surface area contributed by atoms with Crippen LogP contribution in [0.4, 0.5) is 24.7 Å². The fraction of sp³-hybridized carbons (Fsp3) is 0.275. The van der Waals surface area contributed by atoms with Gasteiger partial charge in [-0.25, -0.2) is 4.98 Å². The first-order chi connectivity index (χ1) is 25.7. The third-order valence-corrected chi connectivity index (χ3v) is 11.6. The number of aromatic nitrogens is 1. The number of allylic oxidation sites excluding steroid dienone is 2. The van der Waals surface area contributed by atoms with Crippen LogP contribution in [-0.4, -0.2) is 50.8 Å². The van der Waals surface area contributed by atoms with Crippen LogP contribution in [0, 0.1) is 30.6 Å². The zero-order valence-corrected chi connectivity index (χ0v) is 29.7. The molecule has 2 aliphatic carbocycles. The molecule has 2 aliphatic heterocycles. The summed E-state index contributed by atoms with van der Waals surface area (Å²) < 4.78 is 41.0. The van der Waals surface area contributed by atoms with Crippen molar-refractivity contribution in [2.24, 2.45) is 23.7 Å². The molecule has 3 heterocycles. The lowest BCUT2D eigenvalue weighted by Gasteiger charge is -2.50. The van der Waals surface area contributed by atoms with Gasteiger partial charge in [0.2, 0.25) is 0 Å². The number of hydrogen-bond donors (Lipinski definition) is 2. The number of rotatable bonds is 6. The summed E-state index contributed by atoms with van der Waals surface area (Å²) in [7, 11) is 1.25. The zero-order chi connectivity index (χ0) is 38.3. The van der Waals surface area contributed by atoms with E-state index < -0.39 is 76.3 Å². The van der Waals surface area contributed by atoms with Gasteiger partial charge in [-0.15, -0.1) is 0 Å². The van der Waals surface area contributed by atoms with E-state index in [4.69, 9.17) is 11.6 Å². The topological polar surface area (TPSA) is 123 Å². The van der Waals surface area contributed by atoms with E-state index in [1.807, 2.05) is 25.1 Å². The number of imide groups is 2. The standard InChI is InChI=1S/C40H33ClF3N5O5/c1-21-12-14-23(15-13-21)46-48-36(52)28-20-27-24(33(25-10-6-7-11-30(25)50)39(28,38(48)54)22-8-4-3-5-9-22)16-17-26-32(27)37(53)49(35(26)51)47(2)34-29(41)18-19-31(45-34)40(42,43)44/h3-16,18-19,26-28,32-33,46,50H,17,20H2,1-2H3. The number of phenols is 1. The highest BCUT2D eigenvalue weighted by Gasteiger charge is 2.70. The van der Waals surface area contributed by atoms with E-state index in [1.54, 1.807) is 60.7 Å². The quantitative estimate of drug-likeness (QED) is 0.163. The monoisotopic (exact) mass is 755 g/mol. The number of halogens is 4. The lowest BCUT2D eigenvalue weighted by atomic mass is 9.49. The van der Waals surface area contributed by atoms with Gasteiger partial charge < -0.3 is 5.11 Å². The smallest absolute Gasteiger partial charge is 0.433 e. The number of hydrogen-bond acceptors (Lipinski definition) is 8. The summed E-state index contributed by atoms with van der Waals surface area (Å²) in [6, 6.07) is 24.3. The fourth-order valence-electron chi connectivity index (χ4n) is 9.01. The Kier molecular flexibility index (Phi) is 8.33. The zero-order valence-electron chi connectivity index (χ0n) is 28.9. The van der Waals surface area contributed by atoms with Gasteiger partial charge in [0, 0.05) is 18.5 Å². The molecule has 54 heavy (non-hydrogen) atoms. The minimum atomic E-state index is -4.81. The molecule has 4 aliphatic rings. The number of phenolic OH excluding ortho intramolecular Hbond substituents is 1. The largest absolute Gasteiger partial charge is 0.508 e. The highest BCUT2D eigenvalue weighted by atomic mass is 35.5. The summed E-state index contributed by atoms with van der Waals surface area (Å²) in [6.07, 6.45) is -2.95. The van der Waals surface area contributed by atoms with Crippen molar-refractivity contribution in [2.75, 3.05) is 17.5 Å². The Morgan fingerprint density at radius 2 is 1.57 bits per heavy atom. The van der Waals surface area contributed by atoms with E-state index in [2.05, 4.69) is 10.4 Å². The second-order valence-corrected chi connectivity index (χ2v) is 14.6. The lowest BCUT2D eigenvalue weighted by molar-refractivity contribution is -0.142. The number of aryl methyl sites for hydroxylation is 1. The molecule has 276 valence electrons. The van der Waals surface area contributed by atoms with E-state index in [9.17, 15) is 32.7 Å². The summed E-state index contributed by atoms with van der Waals surface area (Å²) in [5, 5.41) is 14.0. The number of benzene rings is 3. The van der Waals surface area contributed by atoms with Gasteiger partial charge in [0.15, 0.2) is 5.82 Å². The number of carbonyl (C=O) groups is 4. The Hall–Kier alpha value is -5.69. The minimum Gasteiger partial charge on any atom is -0.508 e. The number of hydrazine groups is 2. The minimum absolute atomic E-state index is 0.0121. The van der Waals surface area contributed by atoms with Crippen molar-refractivity contribution < 1.29 is 37.5 Å². The Bertz CT molecular complexity index is 2250. The molecule has 3 aromatic carbocycles. The SMILES string of the molecule is Cc1ccc(NN2C(=O)C3CC4C(=CCC5C(=O)N(N(C)c6nc(C(F)(F)F)ccc6Cl)C(=O)C54)C(c4ccccc4O)C3(c3ccccc3)C2=O)cc1. The van der Waals surface area contributed by atoms with E-state index >= 15 is 4.79 Å². The Balaban J connectivity index is 1.27. The van der Waals surface area contributed by atoms with Crippen molar-refractivity contribution >= 4 is 46.7 Å². The summed E-state index contributed by atoms with van der Waals surface area (Å²) in [5.74, 6) is -7.77. The molecule has 0 spiro atoms. The molecule has 14 heteroatoms. The number of nitrogens with one attached hydrogen (secondary N) is 1. The van der Waals surface area contributed by atoms with Crippen LogP contribution in [0.15, 0.2) is 103 Å². The van der Waals surface area contributed by atoms with Crippen molar-refractivity contribution in [3.8, 4) is 5.75 Å². The number of nitrogens with zero attached hydrogens (tertiary/aromatic N) is 4. The van der Waals surface area contributed by atoms with Crippen molar-refractivity contribution in [3.63, 3.8) is 0 Å². The summed E-state index contributed by atoms with van der Waals surface area (Å²) in [5.41, 5.74) is 3.17. The van der Waals surface area contributed by atoms with Gasteiger partial charge in [-0.2, -0.15) is 23.2 Å². The Morgan fingerprint density at radius 3 is 2.26 bits per heavy atom. The van der Waals surface area contributed by atoms with Gasteiger partial charge in [-0.3, -0.25) is 29.6 Å². The molecule has 8 rings (SSSR count). The number of amides is 4. The van der Waals surface area contributed by atoms with Crippen molar-refractivity contribution in [3.05, 3.63) is 130 Å². The molecule has 0 radical (unpaired) electrons. The molecule has 6 atom stereocenters. The van der Waals surface area contributed by atoms with E-state index in [0.717, 1.165) is 26.7 Å². The van der Waals surface area contributed by atoms with Gasteiger partial charge in [-0.05, 0) is 61.6 Å². The van der Waals surface area contributed by atoms with E-state index in [-0.39, 0.29) is 23.6 Å². The normalized spacial score (nSPS) is 26.3. The molecule has 4 amide bonds. The number of para-hydroxylation sites is 1. The Morgan fingerprint density at radius 1 is 0.889 bits per heavy atom. The van der Waals surface area contributed by atoms with Crippen LogP contribution in [0.2, 0.25) is 5.02 Å². The van der Waals surface area contributed by atoms with Gasteiger partial charge in [-0.1, -0.05) is 89.5 Å². The summed E-state index contributed by atoms with van der Waals surface area (Å²) >= 11 is 6.29. The highest BCUT2D eigenvalue weighted by molar-refractivity contribution is 6.33. The van der Waals surface area contributed by atoms with Crippen LogP contribution in [0.1, 0.15) is 41.1 Å². The first-order valence-corrected chi connectivity index (χ1v) is 17.7. The van der Waals surface area contributed by atoms with Gasteiger partial charge >= 0.3 is 6.18 Å². The van der Waals surface area contributed by atoms with Gasteiger partial charge in [0.1, 0.15) is 11.4 Å². The predicted molar refractivity (Wildman–Crippen MR) is 191 cm³/mol. The highest BCUT2D eigenvalue weighted by Crippen LogP contribution is 2.65. The van der Waals surface area contributed by atoms with Crippen LogP contribution in [0.5, 0.6) is 5.75 Å². The maximum atomic E-state index is 15.2. The molecule has 3 fully saturated rings. The van der Waals surface area contributed by atoms with E-state index in [1.165, 1.54) is 13.1 Å². The maximum absolute atomic E-state index is 15.2. The Labute approximate surface area is 312 Å². The molecular formula is C40H33ClF3N5O5. The first-order valence-electron chi connectivity index (χ1n) is 17.3. The van der Waals surface area contributed by atoms with Crippen LogP contribution in [0.25, 0.3) is 0 Å². The van der Waals surface area contributed by atoms with E-state index in [0.29, 0.717) is 28.5 Å². The number of pyridine rings is 1. The summed E-state index contributed by atoms with van der Waals surface area (Å²) in [6.45, 7) is 1.91. The van der Waals surface area contributed by atoms with Crippen molar-refractivity contribution in [1.82, 2.24) is 15.0 Å². The average molecular weight is 756 g/mol. The third-order valence-electron chi connectivity index (χ3n) is 11.3. The molecule has 4 aromatic rings. The molecular weight excluding hydrogens is 723 g/mol. The maximum Gasteiger partial charge on any atom is 0.433 e. The number of carbonyl (C=O) groups excluding carboxylic acids is 4. The first kappa shape index (κ1) is 35.3. The van der Waals surface area contributed by atoms with Crippen molar-refractivity contribution in [1.29, 1.82) is 0 Å². The van der Waals surface area contributed by atoms with Crippen LogP contribution >= 0.6 is 11.6 Å². The molecule has 1 saturated carbocycles. The third kappa shape index (κ3) is 5.19. The predicted octanol–water partition coefficient (Wildman–Crippen LogP) is 6.80. The number of aromatic hydroxyl groups is 1. The summed E-state index contributed by atoms with van der Waals surface area (Å²) in [4.78, 5) is 62.3. The van der Waals surface area contributed by atoms with Gasteiger partial charge in [0.25, 0.3) is 23.6 Å². The second-order valence-electron chi connectivity index (χ2n) is 14.2. The van der Waals surface area contributed by atoms with Gasteiger partial charge in [0.05, 0.1) is 33.9 Å². The van der Waals surface area contributed by atoms with Crippen molar-refractivity contribution in [2.45, 2.75) is 37.3 Å². The number of fused-ring (bicyclic) bond motifs is 4. The molecule has 2 N–H and O–H groups in total. The molecule has 2 saturated heterocycles. The molecule has 6 unspecified atom stereocenters. The van der Waals surface area contributed by atoms with Crippen LogP contribution < -0.4 is 10.4 Å². The molecule has 1 aromatic heterocycles. The average Bonchev–Trinajstić information content (AvgIpc) is 3.53. The number of alkyl halides is 3. The number of anilines is 2. The van der Waals surface area contributed by atoms with Crippen LogP contribution in [-0.2, 0) is 30.8 Å². The lowest BCUT2D eigenvalue weighted by Crippen LogP contribution is -2.53. The molecule has 0 bridgehead atoms. The fourth-order valence-corrected chi connectivity index (χ4v) is 9.24. The molecule has 10 nitrogen and oxygen atoms in total. The second kappa shape index (κ2) is 12.7. The van der Waals surface area contributed by atoms with Crippen LogP contribution in [0.3, 0.4) is 0 Å².